The van der Waals surface area contributed by atoms with Gasteiger partial charge in [0, 0.05) is 17.0 Å². The van der Waals surface area contributed by atoms with Crippen molar-refractivity contribution in [3.05, 3.63) is 46.1 Å². The van der Waals surface area contributed by atoms with Crippen molar-refractivity contribution in [2.75, 3.05) is 0 Å². The Morgan fingerprint density at radius 3 is 2.71 bits per heavy atom. The number of rotatable bonds is 3. The van der Waals surface area contributed by atoms with Crippen molar-refractivity contribution in [1.29, 1.82) is 0 Å². The Morgan fingerprint density at radius 2 is 2.00 bits per heavy atom. The van der Waals surface area contributed by atoms with Crippen molar-refractivity contribution in [3.8, 4) is 11.3 Å². The molecule has 2 aromatic rings. The van der Waals surface area contributed by atoms with Crippen LogP contribution in [0.15, 0.2) is 34.7 Å². The Kier molecular flexibility index (Phi) is 3.77. The topological polar surface area (TPSA) is 33.4 Å². The third kappa shape index (κ3) is 3.03. The Balaban J connectivity index is 2.33. The minimum atomic E-state index is -0.427. The summed E-state index contributed by atoms with van der Waals surface area (Å²) in [5.41, 5.74) is 0.760. The monoisotopic (exact) mass is 270 g/mol. The molecule has 0 radical (unpaired) electrons. The average Bonchev–Trinajstić information content (AvgIpc) is 2.69. The molecule has 2 rings (SSSR count). The summed E-state index contributed by atoms with van der Waals surface area (Å²) in [6.07, 6.45) is 0.0573. The van der Waals surface area contributed by atoms with Crippen LogP contribution in [0.25, 0.3) is 11.3 Å². The molecule has 0 fully saturated rings. The van der Waals surface area contributed by atoms with E-state index in [4.69, 9.17) is 27.6 Å². The van der Waals surface area contributed by atoms with Gasteiger partial charge in [0.15, 0.2) is 0 Å². The standard InChI is InChI=1S/C13H12Cl2O2/c1-8(16)6-10-3-5-13(17-10)11-7-9(14)2-4-12(11)15/h2-5,7-8,16H,6H2,1H3. The number of aliphatic hydroxyl groups excluding tert-OH is 1. The van der Waals surface area contributed by atoms with Gasteiger partial charge in [0.25, 0.3) is 0 Å². The van der Waals surface area contributed by atoms with E-state index in [1.54, 1.807) is 25.1 Å². The molecule has 1 aromatic heterocycles. The van der Waals surface area contributed by atoms with Crippen molar-refractivity contribution in [2.24, 2.45) is 0 Å². The van der Waals surface area contributed by atoms with Crippen LogP contribution in [0.1, 0.15) is 12.7 Å². The molecule has 0 amide bonds. The van der Waals surface area contributed by atoms with E-state index in [0.717, 1.165) is 11.3 Å². The van der Waals surface area contributed by atoms with Crippen LogP contribution in [-0.4, -0.2) is 11.2 Å². The zero-order chi connectivity index (χ0) is 12.4. The van der Waals surface area contributed by atoms with Gasteiger partial charge in [-0.2, -0.15) is 0 Å². The van der Waals surface area contributed by atoms with Crippen LogP contribution in [0.5, 0.6) is 0 Å². The van der Waals surface area contributed by atoms with Crippen LogP contribution in [0.4, 0.5) is 0 Å². The lowest BCUT2D eigenvalue weighted by atomic mass is 10.2. The summed E-state index contributed by atoms with van der Waals surface area (Å²) in [4.78, 5) is 0. The van der Waals surface area contributed by atoms with E-state index < -0.39 is 6.10 Å². The molecule has 1 heterocycles. The summed E-state index contributed by atoms with van der Waals surface area (Å²) >= 11 is 12.0. The van der Waals surface area contributed by atoms with Gasteiger partial charge in [-0.3, -0.25) is 0 Å². The first-order chi connectivity index (χ1) is 8.06. The molecule has 1 atom stereocenters. The van der Waals surface area contributed by atoms with Crippen LogP contribution in [0.3, 0.4) is 0 Å². The van der Waals surface area contributed by atoms with Crippen LogP contribution in [0.2, 0.25) is 10.0 Å². The van der Waals surface area contributed by atoms with Crippen LogP contribution in [-0.2, 0) is 6.42 Å². The highest BCUT2D eigenvalue weighted by Crippen LogP contribution is 2.31. The molecule has 17 heavy (non-hydrogen) atoms. The highest BCUT2D eigenvalue weighted by atomic mass is 35.5. The maximum absolute atomic E-state index is 9.28. The van der Waals surface area contributed by atoms with Crippen molar-refractivity contribution in [2.45, 2.75) is 19.4 Å². The quantitative estimate of drug-likeness (QED) is 0.908. The van der Waals surface area contributed by atoms with Gasteiger partial charge in [-0.05, 0) is 37.3 Å². The number of furan rings is 1. The number of hydrogen-bond donors (Lipinski definition) is 1. The summed E-state index contributed by atoms with van der Waals surface area (Å²) < 4.78 is 5.61. The van der Waals surface area contributed by atoms with Gasteiger partial charge < -0.3 is 9.52 Å². The molecule has 0 bridgehead atoms. The predicted molar refractivity (Wildman–Crippen MR) is 69.5 cm³/mol. The molecule has 1 unspecified atom stereocenters. The SMILES string of the molecule is CC(O)Cc1ccc(-c2cc(Cl)ccc2Cl)o1. The molecule has 2 nitrogen and oxygen atoms in total. The molecule has 0 aliphatic carbocycles. The van der Waals surface area contributed by atoms with Gasteiger partial charge in [0.05, 0.1) is 11.1 Å². The van der Waals surface area contributed by atoms with Crippen LogP contribution < -0.4 is 0 Å². The number of benzene rings is 1. The van der Waals surface area contributed by atoms with Gasteiger partial charge in [0.2, 0.25) is 0 Å². The van der Waals surface area contributed by atoms with Crippen molar-refractivity contribution < 1.29 is 9.52 Å². The maximum Gasteiger partial charge on any atom is 0.135 e. The maximum atomic E-state index is 9.28. The number of aliphatic hydroxyl groups is 1. The fourth-order valence-electron chi connectivity index (χ4n) is 1.61. The molecule has 90 valence electrons. The summed E-state index contributed by atoms with van der Waals surface area (Å²) in [6, 6.07) is 8.88. The molecule has 0 saturated carbocycles. The molecule has 0 saturated heterocycles. The summed E-state index contributed by atoms with van der Waals surface area (Å²) in [7, 11) is 0. The van der Waals surface area contributed by atoms with E-state index in [0.29, 0.717) is 22.2 Å². The van der Waals surface area contributed by atoms with E-state index in [2.05, 4.69) is 0 Å². The molecule has 4 heteroatoms. The second-order valence-electron chi connectivity index (χ2n) is 3.94. The minimum absolute atomic E-state index is 0.427. The lowest BCUT2D eigenvalue weighted by Crippen LogP contribution is -2.02. The van der Waals surface area contributed by atoms with Crippen LogP contribution in [0, 0.1) is 0 Å². The second-order valence-corrected chi connectivity index (χ2v) is 4.79. The van der Waals surface area contributed by atoms with Gasteiger partial charge in [0.1, 0.15) is 11.5 Å². The first-order valence-corrected chi connectivity index (χ1v) is 6.04. The summed E-state index contributed by atoms with van der Waals surface area (Å²) in [5.74, 6) is 1.39. The highest BCUT2D eigenvalue weighted by molar-refractivity contribution is 6.35. The summed E-state index contributed by atoms with van der Waals surface area (Å²) in [6.45, 7) is 1.72. The van der Waals surface area contributed by atoms with Gasteiger partial charge in [-0.15, -0.1) is 0 Å². The lowest BCUT2D eigenvalue weighted by molar-refractivity contribution is 0.187. The molecule has 0 spiro atoms. The lowest BCUT2D eigenvalue weighted by Gasteiger charge is -2.02. The zero-order valence-electron chi connectivity index (χ0n) is 9.28. The molecule has 1 N–H and O–H groups in total. The average molecular weight is 271 g/mol. The minimum Gasteiger partial charge on any atom is -0.461 e. The number of hydrogen-bond acceptors (Lipinski definition) is 2. The Labute approximate surface area is 110 Å². The van der Waals surface area contributed by atoms with Crippen molar-refractivity contribution in [1.82, 2.24) is 0 Å². The van der Waals surface area contributed by atoms with E-state index in [1.807, 2.05) is 12.1 Å². The van der Waals surface area contributed by atoms with E-state index in [-0.39, 0.29) is 0 Å². The summed E-state index contributed by atoms with van der Waals surface area (Å²) in [5, 5.41) is 10.5. The van der Waals surface area contributed by atoms with E-state index in [1.165, 1.54) is 0 Å². The molecular weight excluding hydrogens is 259 g/mol. The van der Waals surface area contributed by atoms with Gasteiger partial charge in [-0.1, -0.05) is 23.2 Å². The van der Waals surface area contributed by atoms with Gasteiger partial charge >= 0.3 is 0 Å². The van der Waals surface area contributed by atoms with E-state index >= 15 is 0 Å². The Hall–Kier alpha value is -0.960. The molecule has 0 aliphatic rings. The largest absolute Gasteiger partial charge is 0.461 e. The van der Waals surface area contributed by atoms with Crippen LogP contribution >= 0.6 is 23.2 Å². The normalized spacial score (nSPS) is 12.7. The highest BCUT2D eigenvalue weighted by Gasteiger charge is 2.10. The third-order valence-corrected chi connectivity index (χ3v) is 2.92. The van der Waals surface area contributed by atoms with Crippen molar-refractivity contribution in [3.63, 3.8) is 0 Å². The Morgan fingerprint density at radius 1 is 1.24 bits per heavy atom. The van der Waals surface area contributed by atoms with E-state index in [9.17, 15) is 5.11 Å². The van der Waals surface area contributed by atoms with Gasteiger partial charge in [-0.25, -0.2) is 0 Å². The Bertz CT molecular complexity index is 518. The fourth-order valence-corrected chi connectivity index (χ4v) is 1.99. The number of halogens is 2. The molecule has 1 aromatic carbocycles. The fraction of sp³-hybridized carbons (Fsp3) is 0.231. The molecule has 0 aliphatic heterocycles. The predicted octanol–water partition coefficient (Wildman–Crippen LogP) is 4.18. The molecular formula is C13H12Cl2O2. The third-order valence-electron chi connectivity index (χ3n) is 2.35. The first kappa shape index (κ1) is 12.5. The van der Waals surface area contributed by atoms with Crippen molar-refractivity contribution >= 4 is 23.2 Å². The second kappa shape index (κ2) is 5.13. The smallest absolute Gasteiger partial charge is 0.135 e. The first-order valence-electron chi connectivity index (χ1n) is 5.28. The zero-order valence-corrected chi connectivity index (χ0v) is 10.8.